The maximum Gasteiger partial charge on any atom is 0.321 e. The molecule has 0 aromatic rings. The Labute approximate surface area is 132 Å². The fraction of sp³-hybridized carbons (Fsp3) is 0.500. The molecule has 2 atom stereocenters. The van der Waals surface area contributed by atoms with Gasteiger partial charge in [0.25, 0.3) is 0 Å². The van der Waals surface area contributed by atoms with Gasteiger partial charge in [0.2, 0.25) is 0 Å². The van der Waals surface area contributed by atoms with Crippen LogP contribution in [0.2, 0.25) is 0 Å². The standard InChI is InChI=1S/C12H18BrNO3S.C2H6/c1-4-6-10(13)7-5-8-18(17)14-11(9(2)3)12(15)16;1-2/h4-7,9,11,14H,1,8H2,2-3H3,(H,15,16);1-2H3/b7-5-,10-6+;. The van der Waals surface area contributed by atoms with E-state index in [0.717, 1.165) is 4.48 Å². The van der Waals surface area contributed by atoms with E-state index in [1.807, 2.05) is 13.8 Å². The van der Waals surface area contributed by atoms with Gasteiger partial charge in [-0.3, -0.25) is 4.79 Å². The predicted molar refractivity (Wildman–Crippen MR) is 90.1 cm³/mol. The number of rotatable bonds is 8. The average Bonchev–Trinajstić information content (AvgIpc) is 2.38. The minimum Gasteiger partial charge on any atom is -0.480 e. The van der Waals surface area contributed by atoms with E-state index in [0.29, 0.717) is 0 Å². The first kappa shape index (κ1) is 21.6. The SMILES string of the molecule is C=C/C=C(Br)\C=C/CS(=O)NC(C(=O)O)C(C)C.CC. The molecule has 0 saturated heterocycles. The first-order chi connectivity index (χ1) is 9.38. The Hall–Kier alpha value is -0.720. The molecule has 0 amide bonds. The van der Waals surface area contributed by atoms with Gasteiger partial charge in [-0.05, 0) is 12.0 Å². The van der Waals surface area contributed by atoms with E-state index in [2.05, 4.69) is 27.2 Å². The van der Waals surface area contributed by atoms with Crippen LogP contribution in [0, 0.1) is 5.92 Å². The Balaban J connectivity index is 0. The number of nitrogens with one attached hydrogen (secondary N) is 1. The van der Waals surface area contributed by atoms with Gasteiger partial charge >= 0.3 is 5.97 Å². The molecular weight excluding hydrogens is 342 g/mol. The first-order valence-electron chi connectivity index (χ1n) is 6.40. The van der Waals surface area contributed by atoms with Crippen molar-refractivity contribution >= 4 is 32.9 Å². The smallest absolute Gasteiger partial charge is 0.321 e. The Morgan fingerprint density at radius 1 is 1.45 bits per heavy atom. The fourth-order valence-corrected chi connectivity index (χ4v) is 2.47. The summed E-state index contributed by atoms with van der Waals surface area (Å²) in [6.07, 6.45) is 6.82. The van der Waals surface area contributed by atoms with Gasteiger partial charge in [0.05, 0.1) is 16.7 Å². The van der Waals surface area contributed by atoms with Crippen LogP contribution >= 0.6 is 15.9 Å². The molecule has 0 aliphatic carbocycles. The minimum atomic E-state index is -1.40. The maximum atomic E-state index is 11.6. The Kier molecular flexibility index (Phi) is 14.3. The molecule has 0 aromatic heterocycles. The van der Waals surface area contributed by atoms with E-state index in [4.69, 9.17) is 5.11 Å². The van der Waals surface area contributed by atoms with Gasteiger partial charge in [-0.2, -0.15) is 0 Å². The molecule has 20 heavy (non-hydrogen) atoms. The molecule has 0 aliphatic heterocycles. The molecule has 0 bridgehead atoms. The van der Waals surface area contributed by atoms with Crippen molar-refractivity contribution in [3.8, 4) is 0 Å². The molecule has 0 aromatic carbocycles. The second kappa shape index (κ2) is 13.3. The summed E-state index contributed by atoms with van der Waals surface area (Å²) in [5.41, 5.74) is 0. The van der Waals surface area contributed by atoms with Gasteiger partial charge in [-0.15, -0.1) is 0 Å². The molecular formula is C14H24BrNO3S. The van der Waals surface area contributed by atoms with Crippen LogP contribution in [0.1, 0.15) is 27.7 Å². The summed E-state index contributed by atoms with van der Waals surface area (Å²) in [6, 6.07) is -0.800. The monoisotopic (exact) mass is 365 g/mol. The molecule has 6 heteroatoms. The molecule has 0 spiro atoms. The van der Waals surface area contributed by atoms with Crippen LogP contribution in [0.25, 0.3) is 0 Å². The normalized spacial score (nSPS) is 14.6. The molecule has 2 unspecified atom stereocenters. The largest absolute Gasteiger partial charge is 0.480 e. The molecule has 2 N–H and O–H groups in total. The van der Waals surface area contributed by atoms with Gasteiger partial charge in [-0.25, -0.2) is 8.93 Å². The third-order valence-corrected chi connectivity index (χ3v) is 3.53. The number of carboxylic acids is 1. The van der Waals surface area contributed by atoms with E-state index < -0.39 is 23.0 Å². The summed E-state index contributed by atoms with van der Waals surface area (Å²) < 4.78 is 15.0. The van der Waals surface area contributed by atoms with Crippen molar-refractivity contribution in [2.75, 3.05) is 5.75 Å². The second-order valence-electron chi connectivity index (χ2n) is 3.88. The molecule has 0 rings (SSSR count). The Bertz CT molecular complexity index is 379. The van der Waals surface area contributed by atoms with Crippen LogP contribution in [-0.4, -0.2) is 27.1 Å². The lowest BCUT2D eigenvalue weighted by atomic mass is 10.1. The highest BCUT2D eigenvalue weighted by Crippen LogP contribution is 2.06. The van der Waals surface area contributed by atoms with Gasteiger partial charge in [0, 0.05) is 4.48 Å². The number of aliphatic carboxylic acids is 1. The number of halogens is 1. The van der Waals surface area contributed by atoms with Crippen LogP contribution in [0.3, 0.4) is 0 Å². The van der Waals surface area contributed by atoms with Crippen molar-refractivity contribution < 1.29 is 14.1 Å². The lowest BCUT2D eigenvalue weighted by Gasteiger charge is -2.16. The minimum absolute atomic E-state index is 0.122. The Morgan fingerprint density at radius 2 is 2.00 bits per heavy atom. The van der Waals surface area contributed by atoms with Crippen molar-refractivity contribution in [1.29, 1.82) is 0 Å². The predicted octanol–water partition coefficient (Wildman–Crippen LogP) is 3.40. The zero-order valence-electron chi connectivity index (χ0n) is 12.4. The van der Waals surface area contributed by atoms with E-state index in [1.165, 1.54) is 0 Å². The summed E-state index contributed by atoms with van der Waals surface area (Å²) in [7, 11) is -1.40. The molecule has 0 heterocycles. The van der Waals surface area contributed by atoms with Crippen LogP contribution < -0.4 is 4.72 Å². The van der Waals surface area contributed by atoms with Gasteiger partial charge < -0.3 is 5.11 Å². The average molecular weight is 366 g/mol. The number of hydrogen-bond donors (Lipinski definition) is 2. The molecule has 0 aliphatic rings. The molecule has 0 fully saturated rings. The molecule has 0 saturated carbocycles. The highest BCUT2D eigenvalue weighted by molar-refractivity contribution is 9.11. The topological polar surface area (TPSA) is 66.4 Å². The third kappa shape index (κ3) is 11.1. The first-order valence-corrected chi connectivity index (χ1v) is 8.51. The quantitative estimate of drug-likeness (QED) is 0.647. The maximum absolute atomic E-state index is 11.6. The van der Waals surface area contributed by atoms with E-state index >= 15 is 0 Å². The van der Waals surface area contributed by atoms with E-state index in [9.17, 15) is 9.00 Å². The summed E-state index contributed by atoms with van der Waals surface area (Å²) in [5, 5.41) is 8.93. The van der Waals surface area contributed by atoms with Crippen molar-refractivity contribution in [3.63, 3.8) is 0 Å². The number of carbonyl (C=O) groups is 1. The molecule has 116 valence electrons. The zero-order chi connectivity index (χ0) is 16.1. The summed E-state index contributed by atoms with van der Waals surface area (Å²) in [5.74, 6) is -0.866. The number of hydrogen-bond acceptors (Lipinski definition) is 2. The summed E-state index contributed by atoms with van der Waals surface area (Å²) in [6.45, 7) is 11.1. The number of allylic oxidation sites excluding steroid dienone is 4. The molecule has 0 radical (unpaired) electrons. The highest BCUT2D eigenvalue weighted by atomic mass is 79.9. The second-order valence-corrected chi connectivity index (χ2v) is 6.06. The van der Waals surface area contributed by atoms with Crippen molar-refractivity contribution in [2.24, 2.45) is 5.92 Å². The van der Waals surface area contributed by atoms with Crippen molar-refractivity contribution in [1.82, 2.24) is 4.72 Å². The van der Waals surface area contributed by atoms with Gasteiger partial charge in [-0.1, -0.05) is 68.4 Å². The highest BCUT2D eigenvalue weighted by Gasteiger charge is 2.22. The van der Waals surface area contributed by atoms with Crippen LogP contribution in [0.15, 0.2) is 35.4 Å². The summed E-state index contributed by atoms with van der Waals surface area (Å²) >= 11 is 3.28. The fourth-order valence-electron chi connectivity index (χ4n) is 1.08. The van der Waals surface area contributed by atoms with Crippen LogP contribution in [0.4, 0.5) is 0 Å². The lowest BCUT2D eigenvalue weighted by Crippen LogP contribution is -2.42. The van der Waals surface area contributed by atoms with Crippen LogP contribution in [0.5, 0.6) is 0 Å². The Morgan fingerprint density at radius 3 is 2.40 bits per heavy atom. The van der Waals surface area contributed by atoms with E-state index in [1.54, 1.807) is 38.2 Å². The van der Waals surface area contributed by atoms with Crippen LogP contribution in [-0.2, 0) is 15.8 Å². The van der Waals surface area contributed by atoms with E-state index in [-0.39, 0.29) is 11.7 Å². The number of carboxylic acid groups (broad SMARTS) is 1. The summed E-state index contributed by atoms with van der Waals surface area (Å²) in [4.78, 5) is 10.9. The van der Waals surface area contributed by atoms with Crippen molar-refractivity contribution in [3.05, 3.63) is 35.4 Å². The molecule has 4 nitrogen and oxygen atoms in total. The lowest BCUT2D eigenvalue weighted by molar-refractivity contribution is -0.140. The van der Waals surface area contributed by atoms with Gasteiger partial charge in [0.15, 0.2) is 0 Å². The third-order valence-electron chi connectivity index (χ3n) is 1.99. The van der Waals surface area contributed by atoms with Gasteiger partial charge in [0.1, 0.15) is 6.04 Å². The zero-order valence-corrected chi connectivity index (χ0v) is 14.8. The van der Waals surface area contributed by atoms with Crippen molar-refractivity contribution in [2.45, 2.75) is 33.7 Å².